The smallest absolute Gasteiger partial charge is 0.0946 e. The van der Waals surface area contributed by atoms with Gasteiger partial charge in [-0.05, 0) is 42.1 Å². The van der Waals surface area contributed by atoms with E-state index in [4.69, 9.17) is 0 Å². The van der Waals surface area contributed by atoms with Gasteiger partial charge in [-0.3, -0.25) is 0 Å². The standard InChI is InChI=1S/C14H18N4OS2/c19-21(6-1-2-7-21)16-9-12-4-3-5-13(8-12)15-10-14-11-20-18-17-14/h3-5,8,11,15H,1-2,6-7,9-10H2. The Labute approximate surface area is 129 Å². The van der Waals surface area contributed by atoms with Crippen molar-refractivity contribution in [3.8, 4) is 0 Å². The molecular weight excluding hydrogens is 304 g/mol. The lowest BCUT2D eigenvalue weighted by atomic mass is 10.2. The van der Waals surface area contributed by atoms with Crippen molar-refractivity contribution < 1.29 is 4.21 Å². The third kappa shape index (κ3) is 4.01. The van der Waals surface area contributed by atoms with Crippen molar-refractivity contribution in [2.24, 2.45) is 4.36 Å². The normalized spacial score (nSPS) is 16.8. The Morgan fingerprint density at radius 1 is 1.33 bits per heavy atom. The summed E-state index contributed by atoms with van der Waals surface area (Å²) in [5.74, 6) is 1.53. The topological polar surface area (TPSA) is 67.2 Å². The van der Waals surface area contributed by atoms with Crippen molar-refractivity contribution in [3.05, 3.63) is 40.9 Å². The van der Waals surface area contributed by atoms with Gasteiger partial charge in [-0.1, -0.05) is 16.6 Å². The van der Waals surface area contributed by atoms with Gasteiger partial charge in [0.25, 0.3) is 0 Å². The van der Waals surface area contributed by atoms with Gasteiger partial charge >= 0.3 is 0 Å². The molecule has 3 rings (SSSR count). The van der Waals surface area contributed by atoms with Crippen LogP contribution in [0.1, 0.15) is 24.1 Å². The fourth-order valence-corrected chi connectivity index (χ4v) is 4.92. The minimum absolute atomic E-state index is 0.534. The molecule has 1 fully saturated rings. The lowest BCUT2D eigenvalue weighted by Gasteiger charge is -2.06. The van der Waals surface area contributed by atoms with Crippen molar-refractivity contribution in [1.82, 2.24) is 9.59 Å². The predicted octanol–water partition coefficient (Wildman–Crippen LogP) is 2.91. The van der Waals surface area contributed by atoms with Crippen LogP contribution in [0.4, 0.5) is 5.69 Å². The summed E-state index contributed by atoms with van der Waals surface area (Å²) in [4.78, 5) is 0. The Kier molecular flexibility index (Phi) is 4.50. The summed E-state index contributed by atoms with van der Waals surface area (Å²) in [6, 6.07) is 8.09. The number of nitrogens with zero attached hydrogens (tertiary/aromatic N) is 3. The third-order valence-electron chi connectivity index (χ3n) is 3.46. The van der Waals surface area contributed by atoms with Gasteiger partial charge in [-0.15, -0.1) is 5.10 Å². The molecule has 5 nitrogen and oxygen atoms in total. The highest BCUT2D eigenvalue weighted by atomic mass is 32.2. The van der Waals surface area contributed by atoms with Crippen LogP contribution >= 0.6 is 11.5 Å². The van der Waals surface area contributed by atoms with E-state index in [1.165, 1.54) is 11.5 Å². The van der Waals surface area contributed by atoms with Gasteiger partial charge in [-0.2, -0.15) is 0 Å². The summed E-state index contributed by atoms with van der Waals surface area (Å²) in [7, 11) is -1.92. The molecule has 1 aromatic heterocycles. The Bertz CT molecular complexity index is 694. The predicted molar refractivity (Wildman–Crippen MR) is 86.9 cm³/mol. The first-order valence-corrected chi connectivity index (χ1v) is 9.70. The van der Waals surface area contributed by atoms with Crippen LogP contribution in [0.2, 0.25) is 0 Å². The fourth-order valence-electron chi connectivity index (χ4n) is 2.31. The van der Waals surface area contributed by atoms with Crippen molar-refractivity contribution in [2.75, 3.05) is 16.8 Å². The molecule has 0 radical (unpaired) electrons. The number of hydrogen-bond acceptors (Lipinski definition) is 6. The maximum absolute atomic E-state index is 12.3. The molecule has 2 aromatic rings. The number of hydrogen-bond donors (Lipinski definition) is 1. The first kappa shape index (κ1) is 14.5. The van der Waals surface area contributed by atoms with Crippen LogP contribution in [0.25, 0.3) is 0 Å². The molecule has 1 aromatic carbocycles. The van der Waals surface area contributed by atoms with Gasteiger partial charge in [0.2, 0.25) is 0 Å². The average molecular weight is 322 g/mol. The molecule has 0 spiro atoms. The summed E-state index contributed by atoms with van der Waals surface area (Å²) in [6.45, 7) is 1.19. The fraction of sp³-hybridized carbons (Fsp3) is 0.429. The second-order valence-corrected chi connectivity index (χ2v) is 8.35. The maximum Gasteiger partial charge on any atom is 0.0946 e. The molecule has 0 atom stereocenters. The van der Waals surface area contributed by atoms with Crippen molar-refractivity contribution in [3.63, 3.8) is 0 Å². The second-order valence-electron chi connectivity index (χ2n) is 5.13. The van der Waals surface area contributed by atoms with Crippen LogP contribution in [0.3, 0.4) is 0 Å². The van der Waals surface area contributed by atoms with Crippen molar-refractivity contribution in [1.29, 1.82) is 0 Å². The zero-order chi connectivity index (χ0) is 14.5. The molecule has 0 unspecified atom stereocenters. The molecule has 21 heavy (non-hydrogen) atoms. The number of aromatic nitrogens is 2. The SMILES string of the molecule is O=S1(=NCc2cccc(NCc3csnn3)c2)CCCC1. The highest BCUT2D eigenvalue weighted by Gasteiger charge is 2.15. The Balaban J connectivity index is 1.64. The van der Waals surface area contributed by atoms with Gasteiger partial charge in [0, 0.05) is 32.3 Å². The van der Waals surface area contributed by atoms with E-state index in [1.807, 2.05) is 23.6 Å². The van der Waals surface area contributed by atoms with E-state index in [1.54, 1.807) is 0 Å². The van der Waals surface area contributed by atoms with Gasteiger partial charge in [0.05, 0.1) is 18.8 Å². The average Bonchev–Trinajstić information content (AvgIpc) is 3.16. The molecule has 0 amide bonds. The largest absolute Gasteiger partial charge is 0.379 e. The molecule has 1 N–H and O–H groups in total. The Morgan fingerprint density at radius 2 is 2.19 bits per heavy atom. The first-order valence-electron chi connectivity index (χ1n) is 7.01. The van der Waals surface area contributed by atoms with E-state index in [9.17, 15) is 4.21 Å². The molecule has 0 saturated carbocycles. The van der Waals surface area contributed by atoms with Crippen molar-refractivity contribution in [2.45, 2.75) is 25.9 Å². The minimum Gasteiger partial charge on any atom is -0.379 e. The number of anilines is 1. The highest BCUT2D eigenvalue weighted by Crippen LogP contribution is 2.17. The van der Waals surface area contributed by atoms with Crippen LogP contribution in [0.5, 0.6) is 0 Å². The summed E-state index contributed by atoms with van der Waals surface area (Å²) >= 11 is 1.35. The lowest BCUT2D eigenvalue weighted by molar-refractivity contribution is 0.678. The molecule has 1 aliphatic rings. The maximum atomic E-state index is 12.3. The number of rotatable bonds is 5. The van der Waals surface area contributed by atoms with Crippen molar-refractivity contribution >= 4 is 26.9 Å². The van der Waals surface area contributed by atoms with E-state index >= 15 is 0 Å². The van der Waals surface area contributed by atoms with Crippen LogP contribution in [-0.4, -0.2) is 25.3 Å². The Hall–Kier alpha value is -1.47. The molecule has 0 bridgehead atoms. The monoisotopic (exact) mass is 322 g/mol. The quantitative estimate of drug-likeness (QED) is 0.919. The van der Waals surface area contributed by atoms with Crippen LogP contribution in [-0.2, 0) is 22.8 Å². The number of nitrogens with one attached hydrogen (secondary N) is 1. The Morgan fingerprint density at radius 3 is 2.95 bits per heavy atom. The summed E-state index contributed by atoms with van der Waals surface area (Å²) in [5, 5.41) is 9.24. The van der Waals surface area contributed by atoms with Crippen LogP contribution in [0, 0.1) is 0 Å². The van der Waals surface area contributed by atoms with E-state index < -0.39 is 9.73 Å². The van der Waals surface area contributed by atoms with E-state index in [-0.39, 0.29) is 0 Å². The van der Waals surface area contributed by atoms with E-state index in [0.717, 1.165) is 41.3 Å². The van der Waals surface area contributed by atoms with Gasteiger partial charge in [0.1, 0.15) is 0 Å². The minimum atomic E-state index is -1.92. The van der Waals surface area contributed by atoms with E-state index in [0.29, 0.717) is 13.1 Å². The third-order valence-corrected chi connectivity index (χ3v) is 6.47. The lowest BCUT2D eigenvalue weighted by Crippen LogP contribution is -2.02. The van der Waals surface area contributed by atoms with Gasteiger partial charge < -0.3 is 5.32 Å². The molecule has 112 valence electrons. The molecule has 1 saturated heterocycles. The van der Waals surface area contributed by atoms with Crippen LogP contribution < -0.4 is 5.32 Å². The summed E-state index contributed by atoms with van der Waals surface area (Å²) < 4.78 is 20.6. The van der Waals surface area contributed by atoms with Crippen LogP contribution in [0.15, 0.2) is 34.0 Å². The van der Waals surface area contributed by atoms with Gasteiger partial charge in [-0.25, -0.2) is 8.57 Å². The van der Waals surface area contributed by atoms with E-state index in [2.05, 4.69) is 25.3 Å². The molecular formula is C14H18N4OS2. The zero-order valence-electron chi connectivity index (χ0n) is 11.7. The highest BCUT2D eigenvalue weighted by molar-refractivity contribution is 7.93. The number of benzene rings is 1. The summed E-state index contributed by atoms with van der Waals surface area (Å²) in [6.07, 6.45) is 2.09. The first-order chi connectivity index (χ1) is 10.2. The summed E-state index contributed by atoms with van der Waals surface area (Å²) in [5.41, 5.74) is 3.05. The molecule has 1 aliphatic heterocycles. The second kappa shape index (κ2) is 6.53. The van der Waals surface area contributed by atoms with Gasteiger partial charge in [0.15, 0.2) is 0 Å². The molecule has 7 heteroatoms. The molecule has 2 heterocycles. The molecule has 0 aliphatic carbocycles. The zero-order valence-corrected chi connectivity index (χ0v) is 13.3.